The fraction of sp³-hybridized carbons (Fsp3) is 0.571. The highest BCUT2D eigenvalue weighted by Gasteiger charge is 2.12. The monoisotopic (exact) mass is 236 g/mol. The van der Waals surface area contributed by atoms with Gasteiger partial charge in [-0.1, -0.05) is 0 Å². The van der Waals surface area contributed by atoms with Crippen LogP contribution in [0.4, 0.5) is 5.69 Å². The smallest absolute Gasteiger partial charge is 0.121 e. The molecule has 0 spiro atoms. The molecule has 0 aliphatic rings. The Bertz CT molecular complexity index is 369. The van der Waals surface area contributed by atoms with Crippen LogP contribution < -0.4 is 15.4 Å². The minimum absolute atomic E-state index is 0.115. The maximum absolute atomic E-state index is 5.99. The van der Waals surface area contributed by atoms with Crippen LogP contribution in [-0.4, -0.2) is 26.2 Å². The molecule has 17 heavy (non-hydrogen) atoms. The van der Waals surface area contributed by atoms with E-state index < -0.39 is 0 Å². The van der Waals surface area contributed by atoms with Gasteiger partial charge in [0, 0.05) is 24.8 Å². The Morgan fingerprint density at radius 3 is 2.47 bits per heavy atom. The van der Waals surface area contributed by atoms with Gasteiger partial charge in [-0.05, 0) is 51.0 Å². The molecule has 1 aromatic carbocycles. The van der Waals surface area contributed by atoms with Gasteiger partial charge in [-0.2, -0.15) is 0 Å². The lowest BCUT2D eigenvalue weighted by Crippen LogP contribution is -2.36. The van der Waals surface area contributed by atoms with Gasteiger partial charge in [0.1, 0.15) is 5.75 Å². The number of hydrogen-bond donors (Lipinski definition) is 1. The highest BCUT2D eigenvalue weighted by Crippen LogP contribution is 2.23. The number of aryl methyl sites for hydroxylation is 1. The molecule has 0 heterocycles. The van der Waals surface area contributed by atoms with E-state index in [1.54, 1.807) is 7.11 Å². The van der Waals surface area contributed by atoms with Crippen LogP contribution in [0.2, 0.25) is 0 Å². The van der Waals surface area contributed by atoms with E-state index in [-0.39, 0.29) is 5.54 Å². The summed E-state index contributed by atoms with van der Waals surface area (Å²) >= 11 is 0. The molecule has 0 amide bonds. The first kappa shape index (κ1) is 13.8. The first-order chi connectivity index (χ1) is 7.83. The maximum Gasteiger partial charge on any atom is 0.121 e. The lowest BCUT2D eigenvalue weighted by atomic mass is 10.0. The zero-order valence-corrected chi connectivity index (χ0v) is 11.6. The van der Waals surface area contributed by atoms with E-state index in [2.05, 4.69) is 44.9 Å². The molecule has 0 unspecified atom stereocenters. The van der Waals surface area contributed by atoms with Crippen molar-refractivity contribution in [2.45, 2.75) is 32.7 Å². The lowest BCUT2D eigenvalue weighted by molar-refractivity contribution is 0.411. The molecule has 0 aliphatic carbocycles. The third-order valence-corrected chi connectivity index (χ3v) is 2.91. The Labute approximate surface area is 105 Å². The van der Waals surface area contributed by atoms with E-state index in [0.29, 0.717) is 0 Å². The second-order valence-electron chi connectivity index (χ2n) is 5.31. The number of nitrogens with two attached hydrogens (primary N) is 1. The molecule has 0 radical (unpaired) electrons. The minimum atomic E-state index is -0.115. The number of nitrogens with zero attached hydrogens (tertiary/aromatic N) is 1. The van der Waals surface area contributed by atoms with Gasteiger partial charge in [-0.25, -0.2) is 0 Å². The number of benzene rings is 1. The van der Waals surface area contributed by atoms with Crippen molar-refractivity contribution >= 4 is 5.69 Å². The molecular formula is C14H24N2O. The molecule has 1 rings (SSSR count). The van der Waals surface area contributed by atoms with Gasteiger partial charge >= 0.3 is 0 Å². The maximum atomic E-state index is 5.99. The van der Waals surface area contributed by atoms with E-state index in [9.17, 15) is 0 Å². The summed E-state index contributed by atoms with van der Waals surface area (Å²) in [4.78, 5) is 2.22. The van der Waals surface area contributed by atoms with Gasteiger partial charge in [0.25, 0.3) is 0 Å². The summed E-state index contributed by atoms with van der Waals surface area (Å²) in [6.07, 6.45) is 0.967. The van der Waals surface area contributed by atoms with Crippen molar-refractivity contribution in [1.29, 1.82) is 0 Å². The Kier molecular flexibility index (Phi) is 4.40. The van der Waals surface area contributed by atoms with Gasteiger partial charge in [0.2, 0.25) is 0 Å². The molecule has 96 valence electrons. The quantitative estimate of drug-likeness (QED) is 0.854. The largest absolute Gasteiger partial charge is 0.496 e. The van der Waals surface area contributed by atoms with Crippen LogP contribution in [0, 0.1) is 6.92 Å². The molecule has 0 fully saturated rings. The molecular weight excluding hydrogens is 212 g/mol. The summed E-state index contributed by atoms with van der Waals surface area (Å²) in [5.41, 5.74) is 8.23. The summed E-state index contributed by atoms with van der Waals surface area (Å²) in [5, 5.41) is 0. The average molecular weight is 236 g/mol. The van der Waals surface area contributed by atoms with Crippen LogP contribution in [0.25, 0.3) is 0 Å². The van der Waals surface area contributed by atoms with Gasteiger partial charge in [-0.15, -0.1) is 0 Å². The SMILES string of the molecule is COc1ccc(N(C)CCC(C)(C)N)cc1C. The third kappa shape index (κ3) is 4.27. The summed E-state index contributed by atoms with van der Waals surface area (Å²) in [6, 6.07) is 6.23. The predicted octanol–water partition coefficient (Wildman–Crippen LogP) is 2.57. The molecule has 3 nitrogen and oxygen atoms in total. The van der Waals surface area contributed by atoms with Gasteiger partial charge in [0.05, 0.1) is 7.11 Å². The fourth-order valence-electron chi connectivity index (χ4n) is 1.69. The van der Waals surface area contributed by atoms with Crippen molar-refractivity contribution in [3.05, 3.63) is 23.8 Å². The van der Waals surface area contributed by atoms with Gasteiger partial charge in [0.15, 0.2) is 0 Å². The summed E-state index contributed by atoms with van der Waals surface area (Å²) in [5.74, 6) is 0.932. The fourth-order valence-corrected chi connectivity index (χ4v) is 1.69. The van der Waals surface area contributed by atoms with Crippen molar-refractivity contribution in [3.63, 3.8) is 0 Å². The van der Waals surface area contributed by atoms with E-state index in [1.165, 1.54) is 5.69 Å². The molecule has 0 bridgehead atoms. The van der Waals surface area contributed by atoms with Crippen LogP contribution in [0.3, 0.4) is 0 Å². The molecule has 0 aliphatic heterocycles. The molecule has 0 atom stereocenters. The highest BCUT2D eigenvalue weighted by molar-refractivity contribution is 5.52. The zero-order valence-electron chi connectivity index (χ0n) is 11.6. The van der Waals surface area contributed by atoms with E-state index >= 15 is 0 Å². The molecule has 0 saturated heterocycles. The third-order valence-electron chi connectivity index (χ3n) is 2.91. The Morgan fingerprint density at radius 2 is 2.00 bits per heavy atom. The lowest BCUT2D eigenvalue weighted by Gasteiger charge is -2.25. The van der Waals surface area contributed by atoms with Crippen LogP contribution in [0.5, 0.6) is 5.75 Å². The Balaban J connectivity index is 2.69. The van der Waals surface area contributed by atoms with Crippen LogP contribution >= 0.6 is 0 Å². The standard InChI is InChI=1S/C14H24N2O/c1-11-10-12(6-7-13(11)17-5)16(4)9-8-14(2,3)15/h6-7,10H,8-9,15H2,1-5H3. The number of hydrogen-bond acceptors (Lipinski definition) is 3. The molecule has 1 aromatic rings. The first-order valence-corrected chi connectivity index (χ1v) is 5.98. The number of methoxy groups -OCH3 is 1. The van der Waals surface area contributed by atoms with E-state index in [0.717, 1.165) is 24.3 Å². The van der Waals surface area contributed by atoms with Crippen molar-refractivity contribution in [2.75, 3.05) is 25.6 Å². The summed E-state index contributed by atoms with van der Waals surface area (Å²) in [6.45, 7) is 7.12. The Hall–Kier alpha value is -1.22. The molecule has 3 heteroatoms. The summed E-state index contributed by atoms with van der Waals surface area (Å²) < 4.78 is 5.26. The van der Waals surface area contributed by atoms with Gasteiger partial charge < -0.3 is 15.4 Å². The zero-order chi connectivity index (χ0) is 13.1. The number of ether oxygens (including phenoxy) is 1. The topological polar surface area (TPSA) is 38.5 Å². The minimum Gasteiger partial charge on any atom is -0.496 e. The van der Waals surface area contributed by atoms with E-state index in [1.807, 2.05) is 6.07 Å². The number of rotatable bonds is 5. The van der Waals surface area contributed by atoms with Gasteiger partial charge in [-0.3, -0.25) is 0 Å². The van der Waals surface area contributed by atoms with E-state index in [4.69, 9.17) is 10.5 Å². The van der Waals surface area contributed by atoms with Crippen molar-refractivity contribution in [3.8, 4) is 5.75 Å². The van der Waals surface area contributed by atoms with Crippen molar-refractivity contribution < 1.29 is 4.74 Å². The van der Waals surface area contributed by atoms with Crippen LogP contribution in [-0.2, 0) is 0 Å². The van der Waals surface area contributed by atoms with Crippen molar-refractivity contribution in [1.82, 2.24) is 0 Å². The normalized spacial score (nSPS) is 11.4. The highest BCUT2D eigenvalue weighted by atomic mass is 16.5. The molecule has 0 aromatic heterocycles. The first-order valence-electron chi connectivity index (χ1n) is 5.98. The average Bonchev–Trinajstić information content (AvgIpc) is 2.24. The second-order valence-corrected chi connectivity index (χ2v) is 5.31. The van der Waals surface area contributed by atoms with Crippen LogP contribution in [0.1, 0.15) is 25.8 Å². The Morgan fingerprint density at radius 1 is 1.35 bits per heavy atom. The summed E-state index contributed by atoms with van der Waals surface area (Å²) in [7, 11) is 3.79. The number of anilines is 1. The molecule has 0 saturated carbocycles. The van der Waals surface area contributed by atoms with Crippen LogP contribution in [0.15, 0.2) is 18.2 Å². The predicted molar refractivity (Wildman–Crippen MR) is 73.9 cm³/mol. The van der Waals surface area contributed by atoms with Crippen molar-refractivity contribution in [2.24, 2.45) is 5.73 Å². The molecule has 2 N–H and O–H groups in total. The second kappa shape index (κ2) is 5.41.